The monoisotopic (exact) mass is 488 g/mol. The van der Waals surface area contributed by atoms with E-state index < -0.39 is 27.6 Å². The molecule has 0 radical (unpaired) electrons. The first-order valence-electron chi connectivity index (χ1n) is 10.6. The van der Waals surface area contributed by atoms with Crippen molar-refractivity contribution in [3.05, 3.63) is 0 Å². The molecule has 0 aliphatic carbocycles. The van der Waals surface area contributed by atoms with E-state index in [1.807, 2.05) is 33.2 Å². The van der Waals surface area contributed by atoms with Crippen molar-refractivity contribution >= 4 is 33.5 Å². The van der Waals surface area contributed by atoms with Crippen molar-refractivity contribution in [2.24, 2.45) is 10.8 Å². The van der Waals surface area contributed by atoms with Crippen LogP contribution in [0.2, 0.25) is 0 Å². The number of hydrogen-bond donors (Lipinski definition) is 2. The SMILES string of the molecule is CC(C)(CCCS(=O)CCCS(=O)CCCC(C)(C)CC(=O)ONC#N)CC(=O)NC#N. The lowest BCUT2D eigenvalue weighted by Crippen LogP contribution is -2.25. The Morgan fingerprint density at radius 3 is 1.75 bits per heavy atom. The van der Waals surface area contributed by atoms with Gasteiger partial charge in [-0.25, -0.2) is 4.79 Å². The molecule has 2 atom stereocenters. The predicted molar refractivity (Wildman–Crippen MR) is 124 cm³/mol. The molecular formula is C21H36N4O5S2. The zero-order valence-electron chi connectivity index (χ0n) is 19.5. The Morgan fingerprint density at radius 1 is 0.812 bits per heavy atom. The van der Waals surface area contributed by atoms with Gasteiger partial charge in [0.2, 0.25) is 12.1 Å². The van der Waals surface area contributed by atoms with Crippen LogP contribution in [0.3, 0.4) is 0 Å². The molecule has 0 fully saturated rings. The Labute approximate surface area is 196 Å². The zero-order chi connectivity index (χ0) is 24.6. The molecule has 0 saturated heterocycles. The number of carbonyl (C=O) groups excluding carboxylic acids is 2. The first-order chi connectivity index (χ1) is 14.9. The lowest BCUT2D eigenvalue weighted by Gasteiger charge is -2.23. The Morgan fingerprint density at radius 2 is 1.28 bits per heavy atom. The van der Waals surface area contributed by atoms with Gasteiger partial charge in [-0.05, 0) is 42.9 Å². The zero-order valence-corrected chi connectivity index (χ0v) is 21.2. The third-order valence-corrected chi connectivity index (χ3v) is 7.84. The van der Waals surface area contributed by atoms with E-state index in [0.717, 1.165) is 12.8 Å². The molecule has 0 heterocycles. The first-order valence-corrected chi connectivity index (χ1v) is 13.6. The summed E-state index contributed by atoms with van der Waals surface area (Å²) in [6.07, 6.45) is 7.05. The number of rotatable bonds is 17. The number of hydroxylamine groups is 1. The Kier molecular flexibility index (Phi) is 14.8. The molecule has 2 N–H and O–H groups in total. The van der Waals surface area contributed by atoms with Crippen molar-refractivity contribution in [3.63, 3.8) is 0 Å². The summed E-state index contributed by atoms with van der Waals surface area (Å²) in [5.74, 6) is 1.26. The van der Waals surface area contributed by atoms with Crippen LogP contribution in [0.1, 0.15) is 72.6 Å². The van der Waals surface area contributed by atoms with Crippen LogP contribution in [0.4, 0.5) is 0 Å². The quantitative estimate of drug-likeness (QED) is 0.180. The maximum absolute atomic E-state index is 12.2. The fourth-order valence-electron chi connectivity index (χ4n) is 3.23. The second-order valence-corrected chi connectivity index (χ2v) is 12.7. The van der Waals surface area contributed by atoms with Crippen LogP contribution in [0.5, 0.6) is 0 Å². The summed E-state index contributed by atoms with van der Waals surface area (Å²) in [6.45, 7) is 7.74. The molecule has 32 heavy (non-hydrogen) atoms. The van der Waals surface area contributed by atoms with Gasteiger partial charge in [0, 0.05) is 51.0 Å². The number of nitrogens with zero attached hydrogens (tertiary/aromatic N) is 2. The van der Waals surface area contributed by atoms with E-state index in [4.69, 9.17) is 10.5 Å². The maximum atomic E-state index is 12.2. The highest BCUT2D eigenvalue weighted by atomic mass is 32.2. The fourth-order valence-corrected chi connectivity index (χ4v) is 5.69. The molecule has 0 aromatic carbocycles. The van der Waals surface area contributed by atoms with Crippen LogP contribution < -0.4 is 10.8 Å². The molecule has 9 nitrogen and oxygen atoms in total. The van der Waals surface area contributed by atoms with Crippen molar-refractivity contribution < 1.29 is 22.8 Å². The second-order valence-electron chi connectivity index (χ2n) is 9.29. The van der Waals surface area contributed by atoms with Crippen LogP contribution in [0.25, 0.3) is 0 Å². The average Bonchev–Trinajstić information content (AvgIpc) is 2.65. The molecule has 0 bridgehead atoms. The largest absolute Gasteiger partial charge is 0.334 e. The maximum Gasteiger partial charge on any atom is 0.333 e. The van der Waals surface area contributed by atoms with Crippen LogP contribution in [-0.2, 0) is 36.0 Å². The van der Waals surface area contributed by atoms with E-state index in [-0.39, 0.29) is 29.6 Å². The van der Waals surface area contributed by atoms with Gasteiger partial charge >= 0.3 is 5.97 Å². The highest BCUT2D eigenvalue weighted by Gasteiger charge is 2.24. The molecule has 0 aliphatic rings. The van der Waals surface area contributed by atoms with Gasteiger partial charge < -0.3 is 4.84 Å². The van der Waals surface area contributed by atoms with E-state index in [1.165, 1.54) is 6.19 Å². The van der Waals surface area contributed by atoms with Gasteiger partial charge in [0.1, 0.15) is 0 Å². The van der Waals surface area contributed by atoms with E-state index >= 15 is 0 Å². The van der Waals surface area contributed by atoms with Gasteiger partial charge in [-0.2, -0.15) is 16.0 Å². The van der Waals surface area contributed by atoms with E-state index in [2.05, 4.69) is 10.2 Å². The van der Waals surface area contributed by atoms with Crippen LogP contribution >= 0.6 is 0 Å². The first kappa shape index (κ1) is 30.0. The molecular weight excluding hydrogens is 452 g/mol. The summed E-state index contributed by atoms with van der Waals surface area (Å²) < 4.78 is 24.4. The summed E-state index contributed by atoms with van der Waals surface area (Å²) in [5, 5.41) is 18.9. The normalized spacial score (nSPS) is 13.3. The van der Waals surface area contributed by atoms with Gasteiger partial charge in [0.25, 0.3) is 0 Å². The third-order valence-electron chi connectivity index (χ3n) is 4.86. The molecule has 0 aromatic heterocycles. The van der Waals surface area contributed by atoms with Crippen LogP contribution in [0.15, 0.2) is 0 Å². The topological polar surface area (TPSA) is 149 Å². The summed E-state index contributed by atoms with van der Waals surface area (Å²) in [4.78, 5) is 27.6. The molecule has 0 saturated carbocycles. The van der Waals surface area contributed by atoms with Gasteiger partial charge in [-0.3, -0.25) is 18.5 Å². The third kappa shape index (κ3) is 16.7. The number of nitrogens with one attached hydrogen (secondary N) is 2. The summed E-state index contributed by atoms with van der Waals surface area (Å²) in [5.41, 5.74) is 1.29. The predicted octanol–water partition coefficient (Wildman–Crippen LogP) is 2.39. The van der Waals surface area contributed by atoms with E-state index in [1.54, 1.807) is 6.19 Å². The van der Waals surface area contributed by atoms with Crippen molar-refractivity contribution in [3.8, 4) is 12.4 Å². The molecule has 1 amide bonds. The minimum absolute atomic E-state index is 0.160. The van der Waals surface area contributed by atoms with Gasteiger partial charge in [0.05, 0.1) is 6.42 Å². The minimum Gasteiger partial charge on any atom is -0.334 e. The van der Waals surface area contributed by atoms with Crippen molar-refractivity contribution in [2.75, 3.05) is 23.0 Å². The standard InChI is InChI=1S/C21H36N4O5S2/c1-20(2,14-18(26)24-16-22)8-5-10-31(28)12-7-13-32(29)11-6-9-21(3,4)15-19(27)30-25-17-23/h25H,5-15H2,1-4H3,(H,24,26). The van der Waals surface area contributed by atoms with Gasteiger partial charge in [-0.1, -0.05) is 27.7 Å². The van der Waals surface area contributed by atoms with Crippen molar-refractivity contribution in [2.45, 2.75) is 72.6 Å². The molecule has 0 rings (SSSR count). The average molecular weight is 489 g/mol. The van der Waals surface area contributed by atoms with Crippen LogP contribution in [0, 0.1) is 33.7 Å². The van der Waals surface area contributed by atoms with Crippen LogP contribution in [-0.4, -0.2) is 43.3 Å². The Hall–Kier alpha value is -1.98. The van der Waals surface area contributed by atoms with Gasteiger partial charge in [-0.15, -0.1) is 0 Å². The molecule has 0 spiro atoms. The van der Waals surface area contributed by atoms with Crippen molar-refractivity contribution in [1.29, 1.82) is 10.5 Å². The van der Waals surface area contributed by atoms with E-state index in [0.29, 0.717) is 42.3 Å². The smallest absolute Gasteiger partial charge is 0.333 e. The number of amides is 1. The lowest BCUT2D eigenvalue weighted by atomic mass is 9.84. The van der Waals surface area contributed by atoms with E-state index in [9.17, 15) is 18.0 Å². The lowest BCUT2D eigenvalue weighted by molar-refractivity contribution is -0.151. The second kappa shape index (κ2) is 15.8. The Balaban J connectivity index is 3.99. The summed E-state index contributed by atoms with van der Waals surface area (Å²) in [7, 11) is -1.98. The number of nitriles is 2. The number of hydrogen-bond acceptors (Lipinski definition) is 8. The highest BCUT2D eigenvalue weighted by Crippen LogP contribution is 2.28. The minimum atomic E-state index is -0.994. The van der Waals surface area contributed by atoms with Crippen molar-refractivity contribution in [1.82, 2.24) is 10.8 Å². The number of carbonyl (C=O) groups is 2. The molecule has 182 valence electrons. The fraction of sp³-hybridized carbons (Fsp3) is 0.810. The molecule has 11 heteroatoms. The molecule has 0 aliphatic heterocycles. The van der Waals surface area contributed by atoms with Gasteiger partial charge in [0.15, 0.2) is 6.19 Å². The molecule has 0 aromatic rings. The summed E-state index contributed by atoms with van der Waals surface area (Å²) >= 11 is 0. The highest BCUT2D eigenvalue weighted by molar-refractivity contribution is 7.85. The summed E-state index contributed by atoms with van der Waals surface area (Å²) in [6, 6.07) is 0. The Bertz CT molecular complexity index is 741. The molecule has 2 unspecified atom stereocenters.